The highest BCUT2D eigenvalue weighted by molar-refractivity contribution is 6.32. The van der Waals surface area contributed by atoms with Crippen molar-refractivity contribution < 1.29 is 23.7 Å². The predicted octanol–water partition coefficient (Wildman–Crippen LogP) is 5.04. The number of benzene rings is 2. The molecule has 0 aliphatic heterocycles. The zero-order valence-corrected chi connectivity index (χ0v) is 17.6. The maximum atomic E-state index is 12.8. The molecule has 2 rings (SSSR count). The molecule has 0 saturated carbocycles. The Labute approximate surface area is 170 Å². The minimum absolute atomic E-state index is 0.311. The fraction of sp³-hybridized carbons (Fsp3) is 0.381. The zero-order chi connectivity index (χ0) is 20.7. The van der Waals surface area contributed by atoms with E-state index in [1.54, 1.807) is 37.4 Å². The summed E-state index contributed by atoms with van der Waals surface area (Å²) < 4.78 is 21.6. The van der Waals surface area contributed by atoms with E-state index < -0.39 is 0 Å². The van der Waals surface area contributed by atoms with Gasteiger partial charge in [0.05, 0.1) is 38.6 Å². The van der Waals surface area contributed by atoms with Crippen LogP contribution in [0.15, 0.2) is 30.3 Å². The minimum atomic E-state index is -0.361. The summed E-state index contributed by atoms with van der Waals surface area (Å²) in [5.41, 5.74) is 0.821. The molecule has 0 bridgehead atoms. The molecule has 0 fully saturated rings. The van der Waals surface area contributed by atoms with Crippen LogP contribution >= 0.6 is 11.6 Å². The molecule has 28 heavy (non-hydrogen) atoms. The van der Waals surface area contributed by atoms with Crippen molar-refractivity contribution in [1.82, 2.24) is 0 Å². The monoisotopic (exact) mass is 407 g/mol. The molecule has 0 saturated heterocycles. The van der Waals surface area contributed by atoms with Crippen molar-refractivity contribution in [3.8, 4) is 23.0 Å². The summed E-state index contributed by atoms with van der Waals surface area (Å²) >= 11 is 6.35. The molecule has 0 radical (unpaired) electrons. The lowest BCUT2D eigenvalue weighted by Crippen LogP contribution is -2.13. The van der Waals surface area contributed by atoms with E-state index >= 15 is 0 Å². The van der Waals surface area contributed by atoms with Crippen molar-refractivity contribution in [3.05, 3.63) is 40.9 Å². The largest absolute Gasteiger partial charge is 0.497 e. The molecule has 1 amide bonds. The second-order valence-corrected chi connectivity index (χ2v) is 6.95. The number of anilines is 1. The number of rotatable bonds is 9. The summed E-state index contributed by atoms with van der Waals surface area (Å²) in [7, 11) is 4.59. The van der Waals surface area contributed by atoms with Gasteiger partial charge in [-0.25, -0.2) is 0 Å². The predicted molar refractivity (Wildman–Crippen MR) is 110 cm³/mol. The molecule has 0 aliphatic carbocycles. The van der Waals surface area contributed by atoms with Gasteiger partial charge in [0.2, 0.25) is 0 Å². The molecule has 0 aromatic heterocycles. The second kappa shape index (κ2) is 10.1. The number of carbonyl (C=O) groups excluding carboxylic acids is 1. The molecule has 0 heterocycles. The number of carbonyl (C=O) groups is 1. The molecular weight excluding hydrogens is 382 g/mol. The highest BCUT2D eigenvalue weighted by Crippen LogP contribution is 2.37. The van der Waals surface area contributed by atoms with Gasteiger partial charge in [-0.2, -0.15) is 0 Å². The molecule has 0 aliphatic rings. The number of hydrogen-bond acceptors (Lipinski definition) is 5. The number of amides is 1. The van der Waals surface area contributed by atoms with Crippen molar-refractivity contribution >= 4 is 23.2 Å². The number of ether oxygens (including phenoxy) is 4. The number of hydrogen-bond donors (Lipinski definition) is 1. The van der Waals surface area contributed by atoms with Crippen molar-refractivity contribution in [2.75, 3.05) is 33.3 Å². The Balaban J connectivity index is 2.25. The standard InChI is InChI=1S/C21H26ClNO5/c1-13(2)8-9-28-20-16(22)10-14(11-19(20)27-5)21(24)23-17-12-15(25-3)6-7-18(17)26-4/h6-7,10-13H,8-9H2,1-5H3,(H,23,24). The van der Waals surface area contributed by atoms with Crippen LogP contribution in [0.4, 0.5) is 5.69 Å². The topological polar surface area (TPSA) is 66.0 Å². The van der Waals surface area contributed by atoms with Crippen LogP contribution in [0.3, 0.4) is 0 Å². The summed E-state index contributed by atoms with van der Waals surface area (Å²) in [5.74, 6) is 2.09. The first kappa shape index (κ1) is 21.7. The summed E-state index contributed by atoms with van der Waals surface area (Å²) in [5, 5.41) is 3.12. The van der Waals surface area contributed by atoms with Crippen molar-refractivity contribution in [1.29, 1.82) is 0 Å². The van der Waals surface area contributed by atoms with Gasteiger partial charge in [-0.05, 0) is 36.6 Å². The fourth-order valence-electron chi connectivity index (χ4n) is 2.49. The second-order valence-electron chi connectivity index (χ2n) is 6.54. The maximum absolute atomic E-state index is 12.8. The Morgan fingerprint density at radius 3 is 2.36 bits per heavy atom. The van der Waals surface area contributed by atoms with E-state index in [0.29, 0.717) is 51.8 Å². The van der Waals surface area contributed by atoms with Gasteiger partial charge in [-0.1, -0.05) is 25.4 Å². The summed E-state index contributed by atoms with van der Waals surface area (Å²) in [6, 6.07) is 8.29. The highest BCUT2D eigenvalue weighted by Gasteiger charge is 2.17. The smallest absolute Gasteiger partial charge is 0.255 e. The third-order valence-corrected chi connectivity index (χ3v) is 4.37. The van der Waals surface area contributed by atoms with E-state index in [9.17, 15) is 4.79 Å². The molecule has 6 nitrogen and oxygen atoms in total. The van der Waals surface area contributed by atoms with E-state index in [1.165, 1.54) is 14.2 Å². The number of halogens is 1. The first-order valence-electron chi connectivity index (χ1n) is 8.93. The van der Waals surface area contributed by atoms with Crippen molar-refractivity contribution in [2.24, 2.45) is 5.92 Å². The Morgan fingerprint density at radius 2 is 1.75 bits per heavy atom. The van der Waals surface area contributed by atoms with Gasteiger partial charge < -0.3 is 24.3 Å². The van der Waals surface area contributed by atoms with E-state index in [4.69, 9.17) is 30.5 Å². The van der Waals surface area contributed by atoms with Gasteiger partial charge in [0.15, 0.2) is 11.5 Å². The maximum Gasteiger partial charge on any atom is 0.255 e. The molecule has 7 heteroatoms. The Hall–Kier alpha value is -2.60. The van der Waals surface area contributed by atoms with Crippen LogP contribution in [0, 0.1) is 5.92 Å². The van der Waals surface area contributed by atoms with Gasteiger partial charge >= 0.3 is 0 Å². The first-order valence-corrected chi connectivity index (χ1v) is 9.31. The molecule has 152 valence electrons. The molecule has 0 spiro atoms. The van der Waals surface area contributed by atoms with E-state index in [-0.39, 0.29) is 5.91 Å². The van der Waals surface area contributed by atoms with E-state index in [1.807, 2.05) is 0 Å². The van der Waals surface area contributed by atoms with Gasteiger partial charge in [0.25, 0.3) is 5.91 Å². The third kappa shape index (κ3) is 5.45. The molecular formula is C21H26ClNO5. The molecule has 0 atom stereocenters. The van der Waals surface area contributed by atoms with Crippen molar-refractivity contribution in [3.63, 3.8) is 0 Å². The zero-order valence-electron chi connectivity index (χ0n) is 16.8. The van der Waals surface area contributed by atoms with E-state index in [0.717, 1.165) is 6.42 Å². The third-order valence-electron chi connectivity index (χ3n) is 4.09. The van der Waals surface area contributed by atoms with E-state index in [2.05, 4.69) is 19.2 Å². The highest BCUT2D eigenvalue weighted by atomic mass is 35.5. The lowest BCUT2D eigenvalue weighted by Gasteiger charge is -2.16. The Bertz CT molecular complexity index is 823. The van der Waals surface area contributed by atoms with Crippen LogP contribution in [-0.4, -0.2) is 33.8 Å². The molecule has 2 aromatic carbocycles. The normalized spacial score (nSPS) is 10.5. The Morgan fingerprint density at radius 1 is 1.04 bits per heavy atom. The average molecular weight is 408 g/mol. The van der Waals surface area contributed by atoms with Gasteiger partial charge in [-0.15, -0.1) is 0 Å². The lowest BCUT2D eigenvalue weighted by atomic mass is 10.1. The summed E-state index contributed by atoms with van der Waals surface area (Å²) in [6.45, 7) is 4.74. The number of methoxy groups -OCH3 is 3. The molecule has 1 N–H and O–H groups in total. The summed E-state index contributed by atoms with van der Waals surface area (Å²) in [6.07, 6.45) is 0.886. The fourth-order valence-corrected chi connectivity index (χ4v) is 2.76. The van der Waals surface area contributed by atoms with Crippen LogP contribution in [0.2, 0.25) is 5.02 Å². The molecule has 2 aromatic rings. The minimum Gasteiger partial charge on any atom is -0.497 e. The van der Waals surface area contributed by atoms with Gasteiger partial charge in [0.1, 0.15) is 11.5 Å². The van der Waals surface area contributed by atoms with Crippen LogP contribution in [0.25, 0.3) is 0 Å². The van der Waals surface area contributed by atoms with Crippen LogP contribution in [-0.2, 0) is 0 Å². The average Bonchev–Trinajstić information content (AvgIpc) is 2.68. The SMILES string of the molecule is COc1ccc(OC)c(NC(=O)c2cc(Cl)c(OCCC(C)C)c(OC)c2)c1. The lowest BCUT2D eigenvalue weighted by molar-refractivity contribution is 0.102. The quantitative estimate of drug-likeness (QED) is 0.630. The van der Waals surface area contributed by atoms with Crippen LogP contribution in [0.1, 0.15) is 30.6 Å². The molecule has 0 unspecified atom stereocenters. The first-order chi connectivity index (χ1) is 13.4. The number of nitrogens with one attached hydrogen (secondary N) is 1. The van der Waals surface area contributed by atoms with Gasteiger partial charge in [0, 0.05) is 11.6 Å². The van der Waals surface area contributed by atoms with Crippen LogP contribution < -0.4 is 24.3 Å². The van der Waals surface area contributed by atoms with Crippen LogP contribution in [0.5, 0.6) is 23.0 Å². The Kier molecular flexibility index (Phi) is 7.81. The van der Waals surface area contributed by atoms with Crippen molar-refractivity contribution in [2.45, 2.75) is 20.3 Å². The summed E-state index contributed by atoms with van der Waals surface area (Å²) in [4.78, 5) is 12.8. The van der Waals surface area contributed by atoms with Gasteiger partial charge in [-0.3, -0.25) is 4.79 Å².